The van der Waals surface area contributed by atoms with Gasteiger partial charge < -0.3 is 5.73 Å². The fourth-order valence-electron chi connectivity index (χ4n) is 1.92. The molecule has 3 heteroatoms. The van der Waals surface area contributed by atoms with E-state index < -0.39 is 0 Å². The van der Waals surface area contributed by atoms with Gasteiger partial charge in [0.05, 0.1) is 0 Å². The van der Waals surface area contributed by atoms with Gasteiger partial charge in [0.1, 0.15) is 5.82 Å². The Morgan fingerprint density at radius 2 is 2.15 bits per heavy atom. The van der Waals surface area contributed by atoms with E-state index in [2.05, 4.69) is 16.9 Å². The smallest absolute Gasteiger partial charge is 0.130 e. The van der Waals surface area contributed by atoms with Crippen LogP contribution in [0.15, 0.2) is 0 Å². The zero-order valence-corrected chi connectivity index (χ0v) is 8.01. The molecule has 1 aliphatic carbocycles. The van der Waals surface area contributed by atoms with Crippen LogP contribution >= 0.6 is 0 Å². The number of nitrogens with zero attached hydrogens (tertiary/aromatic N) is 2. The van der Waals surface area contributed by atoms with Crippen LogP contribution in [0.3, 0.4) is 0 Å². The van der Waals surface area contributed by atoms with E-state index in [1.807, 2.05) is 0 Å². The maximum absolute atomic E-state index is 5.48. The lowest BCUT2D eigenvalue weighted by atomic mass is 10.2. The van der Waals surface area contributed by atoms with Crippen molar-refractivity contribution in [2.45, 2.75) is 32.6 Å². The van der Waals surface area contributed by atoms with Gasteiger partial charge >= 0.3 is 0 Å². The van der Waals surface area contributed by atoms with Crippen molar-refractivity contribution in [3.8, 4) is 0 Å². The number of nitrogens with two attached hydrogens (primary N) is 1. The molecule has 13 heavy (non-hydrogen) atoms. The second-order valence-electron chi connectivity index (χ2n) is 3.54. The summed E-state index contributed by atoms with van der Waals surface area (Å²) in [5.74, 6) is 0.917. The minimum atomic E-state index is 0.637. The van der Waals surface area contributed by atoms with E-state index >= 15 is 0 Å². The first-order valence-corrected chi connectivity index (χ1v) is 4.86. The summed E-state index contributed by atoms with van der Waals surface area (Å²) in [4.78, 5) is 8.96. The van der Waals surface area contributed by atoms with Gasteiger partial charge in [-0.3, -0.25) is 0 Å². The van der Waals surface area contributed by atoms with Gasteiger partial charge in [0.15, 0.2) is 0 Å². The molecule has 1 aromatic rings. The Balaban J connectivity index is 2.37. The molecule has 2 rings (SSSR count). The third-order valence-electron chi connectivity index (χ3n) is 2.55. The van der Waals surface area contributed by atoms with Crippen molar-refractivity contribution in [3.63, 3.8) is 0 Å². The van der Waals surface area contributed by atoms with Gasteiger partial charge in [-0.05, 0) is 38.3 Å². The largest absolute Gasteiger partial charge is 0.330 e. The highest BCUT2D eigenvalue weighted by Gasteiger charge is 2.16. The zero-order valence-electron chi connectivity index (χ0n) is 8.01. The average molecular weight is 177 g/mol. The van der Waals surface area contributed by atoms with Gasteiger partial charge in [0.25, 0.3) is 0 Å². The molecular formula is C10H15N3. The van der Waals surface area contributed by atoms with E-state index in [9.17, 15) is 0 Å². The van der Waals surface area contributed by atoms with Gasteiger partial charge in [0.2, 0.25) is 0 Å². The molecule has 0 aliphatic heterocycles. The topological polar surface area (TPSA) is 51.8 Å². The molecular weight excluding hydrogens is 162 g/mol. The van der Waals surface area contributed by atoms with E-state index in [1.54, 1.807) is 0 Å². The Morgan fingerprint density at radius 3 is 2.92 bits per heavy atom. The third kappa shape index (κ3) is 1.56. The van der Waals surface area contributed by atoms with Crippen LogP contribution in [0.2, 0.25) is 0 Å². The fourth-order valence-corrected chi connectivity index (χ4v) is 1.92. The molecule has 1 heterocycles. The van der Waals surface area contributed by atoms with E-state index in [0.717, 1.165) is 30.8 Å². The SMILES string of the molecule is Cc1nc(CCN)nc2c1CCC2. The maximum Gasteiger partial charge on any atom is 0.130 e. The Hall–Kier alpha value is -0.960. The first-order chi connectivity index (χ1) is 6.31. The number of hydrogen-bond donors (Lipinski definition) is 1. The lowest BCUT2D eigenvalue weighted by molar-refractivity contribution is 0.830. The average Bonchev–Trinajstić information content (AvgIpc) is 2.53. The van der Waals surface area contributed by atoms with Gasteiger partial charge in [-0.15, -0.1) is 0 Å². The number of hydrogen-bond acceptors (Lipinski definition) is 3. The minimum Gasteiger partial charge on any atom is -0.330 e. The van der Waals surface area contributed by atoms with Crippen molar-refractivity contribution < 1.29 is 0 Å². The highest BCUT2D eigenvalue weighted by atomic mass is 14.9. The van der Waals surface area contributed by atoms with Crippen molar-refractivity contribution in [3.05, 3.63) is 22.8 Å². The summed E-state index contributed by atoms with van der Waals surface area (Å²) in [5, 5.41) is 0. The lowest BCUT2D eigenvalue weighted by Crippen LogP contribution is -2.09. The van der Waals surface area contributed by atoms with Crippen molar-refractivity contribution in [1.82, 2.24) is 9.97 Å². The van der Waals surface area contributed by atoms with Crippen molar-refractivity contribution in [2.75, 3.05) is 6.54 Å². The fraction of sp³-hybridized carbons (Fsp3) is 0.600. The van der Waals surface area contributed by atoms with Crippen LogP contribution in [-0.2, 0) is 19.3 Å². The van der Waals surface area contributed by atoms with Gasteiger partial charge in [-0.25, -0.2) is 9.97 Å². The molecule has 1 aliphatic rings. The molecule has 2 N–H and O–H groups in total. The molecule has 0 aromatic carbocycles. The van der Waals surface area contributed by atoms with Gasteiger partial charge in [0, 0.05) is 17.8 Å². The molecule has 0 spiro atoms. The summed E-state index contributed by atoms with van der Waals surface area (Å²) in [6.45, 7) is 2.71. The minimum absolute atomic E-state index is 0.637. The summed E-state index contributed by atoms with van der Waals surface area (Å²) in [6.07, 6.45) is 4.31. The number of fused-ring (bicyclic) bond motifs is 1. The van der Waals surface area contributed by atoms with Gasteiger partial charge in [-0.1, -0.05) is 0 Å². The molecule has 0 radical (unpaired) electrons. The van der Waals surface area contributed by atoms with Crippen molar-refractivity contribution in [1.29, 1.82) is 0 Å². The highest BCUT2D eigenvalue weighted by molar-refractivity contribution is 5.29. The third-order valence-corrected chi connectivity index (χ3v) is 2.55. The molecule has 0 bridgehead atoms. The van der Waals surface area contributed by atoms with Crippen LogP contribution in [-0.4, -0.2) is 16.5 Å². The molecule has 70 valence electrons. The molecule has 0 unspecified atom stereocenters. The van der Waals surface area contributed by atoms with Crippen LogP contribution < -0.4 is 5.73 Å². The monoisotopic (exact) mass is 177 g/mol. The second kappa shape index (κ2) is 3.42. The molecule has 0 atom stereocenters. The predicted molar refractivity (Wildman–Crippen MR) is 51.6 cm³/mol. The van der Waals surface area contributed by atoms with Crippen LogP contribution in [0, 0.1) is 6.92 Å². The summed E-state index contributed by atoms with van der Waals surface area (Å²) in [5.41, 5.74) is 9.27. The molecule has 0 saturated heterocycles. The molecule has 1 aromatic heterocycles. The van der Waals surface area contributed by atoms with Crippen LogP contribution in [0.5, 0.6) is 0 Å². The van der Waals surface area contributed by atoms with Crippen LogP contribution in [0.4, 0.5) is 0 Å². The van der Waals surface area contributed by atoms with E-state index in [4.69, 9.17) is 5.73 Å². The molecule has 0 fully saturated rings. The Labute approximate surface area is 78.4 Å². The predicted octanol–water partition coefficient (Wildman–Crippen LogP) is 0.775. The van der Waals surface area contributed by atoms with Crippen LogP contribution in [0.1, 0.15) is 29.2 Å². The van der Waals surface area contributed by atoms with E-state index in [-0.39, 0.29) is 0 Å². The molecule has 0 saturated carbocycles. The zero-order chi connectivity index (χ0) is 9.26. The number of rotatable bonds is 2. The second-order valence-corrected chi connectivity index (χ2v) is 3.54. The lowest BCUT2D eigenvalue weighted by Gasteiger charge is -2.05. The Kier molecular flexibility index (Phi) is 2.27. The quantitative estimate of drug-likeness (QED) is 0.726. The molecule has 3 nitrogen and oxygen atoms in total. The van der Waals surface area contributed by atoms with Crippen molar-refractivity contribution in [2.24, 2.45) is 5.73 Å². The van der Waals surface area contributed by atoms with Crippen LogP contribution in [0.25, 0.3) is 0 Å². The normalized spacial score (nSPS) is 14.6. The highest BCUT2D eigenvalue weighted by Crippen LogP contribution is 2.21. The first kappa shape index (κ1) is 8.63. The Morgan fingerprint density at radius 1 is 1.31 bits per heavy atom. The Bertz CT molecular complexity index is 320. The summed E-state index contributed by atoms with van der Waals surface area (Å²) < 4.78 is 0. The maximum atomic E-state index is 5.48. The summed E-state index contributed by atoms with van der Waals surface area (Å²) >= 11 is 0. The van der Waals surface area contributed by atoms with E-state index in [0.29, 0.717) is 6.54 Å². The summed E-state index contributed by atoms with van der Waals surface area (Å²) in [6, 6.07) is 0. The first-order valence-electron chi connectivity index (χ1n) is 4.86. The molecule has 0 amide bonds. The number of aromatic nitrogens is 2. The number of aryl methyl sites for hydroxylation is 2. The van der Waals surface area contributed by atoms with E-state index in [1.165, 1.54) is 17.7 Å². The standard InChI is InChI=1S/C10H15N3/c1-7-8-3-2-4-9(8)13-10(12-7)5-6-11/h2-6,11H2,1H3. The van der Waals surface area contributed by atoms with Crippen molar-refractivity contribution >= 4 is 0 Å². The summed E-state index contributed by atoms with van der Waals surface area (Å²) in [7, 11) is 0. The van der Waals surface area contributed by atoms with Gasteiger partial charge in [-0.2, -0.15) is 0 Å².